The number of hydrogen-bond acceptors (Lipinski definition) is 3. The van der Waals surface area contributed by atoms with Gasteiger partial charge in [-0.3, -0.25) is 0 Å². The molecule has 3 nitrogen and oxygen atoms in total. The molecule has 0 unspecified atom stereocenters. The molecule has 0 fully saturated rings. The summed E-state index contributed by atoms with van der Waals surface area (Å²) in [7, 11) is 0. The second kappa shape index (κ2) is 5.39. The zero-order valence-corrected chi connectivity index (χ0v) is 10.0. The number of carbonyl (C=O) groups is 1. The van der Waals surface area contributed by atoms with Gasteiger partial charge in [-0.25, -0.2) is 9.18 Å². The fourth-order valence-electron chi connectivity index (χ4n) is 1.54. The van der Waals surface area contributed by atoms with Crippen LogP contribution in [0.4, 0.5) is 13.2 Å². The van der Waals surface area contributed by atoms with Crippen LogP contribution in [0.15, 0.2) is 18.2 Å². The van der Waals surface area contributed by atoms with Gasteiger partial charge < -0.3 is 10.5 Å². The van der Waals surface area contributed by atoms with E-state index in [2.05, 4.69) is 4.74 Å². The topological polar surface area (TPSA) is 52.3 Å². The van der Waals surface area contributed by atoms with Crippen LogP contribution >= 0.6 is 0 Å². The lowest BCUT2D eigenvalue weighted by Crippen LogP contribution is -2.42. The van der Waals surface area contributed by atoms with E-state index in [0.717, 1.165) is 18.2 Å². The van der Waals surface area contributed by atoms with Crippen LogP contribution < -0.4 is 5.73 Å². The average Bonchev–Trinajstić information content (AvgIpc) is 2.28. The summed E-state index contributed by atoms with van der Waals surface area (Å²) >= 11 is 0. The fraction of sp³-hybridized carbons (Fsp3) is 0.417. The normalized spacial score (nSPS) is 13.2. The van der Waals surface area contributed by atoms with Gasteiger partial charge in [0, 0.05) is 0 Å². The third kappa shape index (κ3) is 2.81. The molecule has 0 spiro atoms. The molecule has 0 aliphatic heterocycles. The van der Waals surface area contributed by atoms with Crippen LogP contribution in [0.1, 0.15) is 24.1 Å². The highest BCUT2D eigenvalue weighted by Gasteiger charge is 2.48. The van der Waals surface area contributed by atoms with Crippen molar-refractivity contribution in [1.82, 2.24) is 0 Å². The van der Waals surface area contributed by atoms with Gasteiger partial charge in [-0.1, -0.05) is 6.07 Å². The van der Waals surface area contributed by atoms with E-state index in [1.54, 1.807) is 0 Å². The summed E-state index contributed by atoms with van der Waals surface area (Å²) in [4.78, 5) is 11.1. The summed E-state index contributed by atoms with van der Waals surface area (Å²) in [5.41, 5.74) is 5.65. The largest absolute Gasteiger partial charge is 0.462 e. The van der Waals surface area contributed by atoms with Crippen molar-refractivity contribution < 1.29 is 22.7 Å². The maximum Gasteiger partial charge on any atom is 0.379 e. The van der Waals surface area contributed by atoms with Crippen LogP contribution in [0.5, 0.6) is 0 Å². The molecular weight excluding hydrogens is 247 g/mol. The summed E-state index contributed by atoms with van der Waals surface area (Å²) in [6, 6.07) is 1.37. The molecule has 0 amide bonds. The lowest BCUT2D eigenvalue weighted by atomic mass is 9.97. The number of aryl methyl sites for hydroxylation is 1. The van der Waals surface area contributed by atoms with Crippen LogP contribution in [-0.2, 0) is 9.53 Å². The number of hydrogen-bond donors (Lipinski definition) is 1. The van der Waals surface area contributed by atoms with E-state index >= 15 is 0 Å². The fourth-order valence-corrected chi connectivity index (χ4v) is 1.54. The third-order valence-electron chi connectivity index (χ3n) is 2.51. The SMILES string of the molecule is CCOC(=O)C(F)(F)[C@H](N)c1ccc(F)cc1C. The molecule has 1 rings (SSSR count). The Balaban J connectivity index is 3.05. The maximum absolute atomic E-state index is 13.7. The van der Waals surface area contributed by atoms with Crippen molar-refractivity contribution >= 4 is 5.97 Å². The van der Waals surface area contributed by atoms with Gasteiger partial charge in [-0.15, -0.1) is 0 Å². The van der Waals surface area contributed by atoms with Crippen molar-refractivity contribution in [3.63, 3.8) is 0 Å². The third-order valence-corrected chi connectivity index (χ3v) is 2.51. The molecule has 0 heterocycles. The minimum atomic E-state index is -3.85. The van der Waals surface area contributed by atoms with Crippen molar-refractivity contribution in [1.29, 1.82) is 0 Å². The number of esters is 1. The van der Waals surface area contributed by atoms with E-state index in [1.807, 2.05) is 0 Å². The van der Waals surface area contributed by atoms with Gasteiger partial charge in [-0.2, -0.15) is 8.78 Å². The molecule has 1 aromatic carbocycles. The zero-order chi connectivity index (χ0) is 13.9. The first kappa shape index (κ1) is 14.5. The van der Waals surface area contributed by atoms with E-state index in [9.17, 15) is 18.0 Å². The summed E-state index contributed by atoms with van der Waals surface area (Å²) in [6.45, 7) is 2.70. The summed E-state index contributed by atoms with van der Waals surface area (Å²) < 4.78 is 44.5. The number of halogens is 3. The van der Waals surface area contributed by atoms with Crippen LogP contribution in [-0.4, -0.2) is 18.5 Å². The van der Waals surface area contributed by atoms with Gasteiger partial charge in [0.05, 0.1) is 6.61 Å². The molecule has 0 aromatic heterocycles. The Morgan fingerprint density at radius 2 is 2.11 bits per heavy atom. The zero-order valence-electron chi connectivity index (χ0n) is 10.0. The molecule has 100 valence electrons. The molecular formula is C12H14F3NO2. The Morgan fingerprint density at radius 3 is 2.61 bits per heavy atom. The monoisotopic (exact) mass is 261 g/mol. The second-order valence-electron chi connectivity index (χ2n) is 3.82. The molecule has 0 aliphatic carbocycles. The van der Waals surface area contributed by atoms with E-state index < -0.39 is 23.8 Å². The lowest BCUT2D eigenvalue weighted by Gasteiger charge is -2.23. The first-order valence-corrected chi connectivity index (χ1v) is 5.37. The van der Waals surface area contributed by atoms with Crippen LogP contribution in [0, 0.1) is 12.7 Å². The number of carbonyl (C=O) groups excluding carboxylic acids is 1. The first-order chi connectivity index (χ1) is 8.30. The quantitative estimate of drug-likeness (QED) is 0.846. The van der Waals surface area contributed by atoms with Crippen molar-refractivity contribution in [2.24, 2.45) is 5.73 Å². The smallest absolute Gasteiger partial charge is 0.379 e. The van der Waals surface area contributed by atoms with Crippen molar-refractivity contribution in [2.45, 2.75) is 25.8 Å². The second-order valence-corrected chi connectivity index (χ2v) is 3.82. The van der Waals surface area contributed by atoms with Crippen molar-refractivity contribution in [3.8, 4) is 0 Å². The minimum absolute atomic E-state index is 0.00875. The van der Waals surface area contributed by atoms with Crippen LogP contribution in [0.3, 0.4) is 0 Å². The number of ether oxygens (including phenoxy) is 1. The maximum atomic E-state index is 13.7. The van der Waals surface area contributed by atoms with Crippen LogP contribution in [0.2, 0.25) is 0 Å². The average molecular weight is 261 g/mol. The summed E-state index contributed by atoms with van der Waals surface area (Å²) in [5, 5.41) is 0. The predicted octanol–water partition coefficient (Wildman–Crippen LogP) is 2.33. The Labute approximate surface area is 103 Å². The van der Waals surface area contributed by atoms with E-state index in [1.165, 1.54) is 13.8 Å². The van der Waals surface area contributed by atoms with E-state index in [0.29, 0.717) is 0 Å². The molecule has 18 heavy (non-hydrogen) atoms. The van der Waals surface area contributed by atoms with E-state index in [-0.39, 0.29) is 17.7 Å². The number of benzene rings is 1. The molecule has 2 N–H and O–H groups in total. The van der Waals surface area contributed by atoms with Gasteiger partial charge in [-0.05, 0) is 37.1 Å². The molecule has 6 heteroatoms. The predicted molar refractivity (Wildman–Crippen MR) is 59.6 cm³/mol. The Hall–Kier alpha value is -1.56. The van der Waals surface area contributed by atoms with E-state index in [4.69, 9.17) is 5.73 Å². The molecule has 1 aromatic rings. The van der Waals surface area contributed by atoms with Gasteiger partial charge in [0.25, 0.3) is 0 Å². The number of nitrogens with two attached hydrogens (primary N) is 1. The molecule has 0 saturated heterocycles. The summed E-state index contributed by atoms with van der Waals surface area (Å²) in [6.07, 6.45) is 0. The van der Waals surface area contributed by atoms with Gasteiger partial charge in [0.2, 0.25) is 0 Å². The minimum Gasteiger partial charge on any atom is -0.462 e. The lowest BCUT2D eigenvalue weighted by molar-refractivity contribution is -0.174. The van der Waals surface area contributed by atoms with Crippen molar-refractivity contribution in [3.05, 3.63) is 35.1 Å². The molecule has 0 aliphatic rings. The number of alkyl halides is 2. The Kier molecular flexibility index (Phi) is 4.34. The summed E-state index contributed by atoms with van der Waals surface area (Å²) in [5.74, 6) is -6.08. The standard InChI is InChI=1S/C12H14F3NO2/c1-3-18-11(17)12(14,15)10(16)9-5-4-8(13)6-7(9)2/h4-6,10H,3,16H2,1-2H3/t10-/m1/s1. The van der Waals surface area contributed by atoms with Crippen molar-refractivity contribution in [2.75, 3.05) is 6.61 Å². The van der Waals surface area contributed by atoms with Gasteiger partial charge >= 0.3 is 11.9 Å². The molecule has 0 bridgehead atoms. The highest BCUT2D eigenvalue weighted by Crippen LogP contribution is 2.32. The van der Waals surface area contributed by atoms with Gasteiger partial charge in [0.1, 0.15) is 11.9 Å². The number of rotatable bonds is 4. The molecule has 0 radical (unpaired) electrons. The Bertz CT molecular complexity index is 449. The molecule has 1 atom stereocenters. The van der Waals surface area contributed by atoms with Gasteiger partial charge in [0.15, 0.2) is 0 Å². The molecule has 0 saturated carbocycles. The first-order valence-electron chi connectivity index (χ1n) is 5.37. The highest BCUT2D eigenvalue weighted by molar-refractivity contribution is 5.79. The Morgan fingerprint density at radius 1 is 1.50 bits per heavy atom. The highest BCUT2D eigenvalue weighted by atomic mass is 19.3. The van der Waals surface area contributed by atoms with Crippen LogP contribution in [0.25, 0.3) is 0 Å².